The predicted octanol–water partition coefficient (Wildman–Crippen LogP) is 10.1. The summed E-state index contributed by atoms with van der Waals surface area (Å²) >= 11 is -9.31. The van der Waals surface area contributed by atoms with E-state index in [0.29, 0.717) is 157 Å². The number of hydrogen-bond acceptors (Lipinski definition) is 16. The number of aromatic nitrogens is 4. The Hall–Kier alpha value is -11.7. The molecule has 462 valence electrons. The first kappa shape index (κ1) is 56.8. The van der Waals surface area contributed by atoms with Crippen molar-refractivity contribution >= 4 is 159 Å². The fraction of sp³-hybridized carbons (Fsp3) is 0.0435. The van der Waals surface area contributed by atoms with Crippen LogP contribution in [0, 0.1) is 0 Å². The van der Waals surface area contributed by atoms with E-state index < -0.39 is 64.8 Å². The van der Waals surface area contributed by atoms with Gasteiger partial charge in [-0.1, -0.05) is 0 Å². The van der Waals surface area contributed by atoms with Gasteiger partial charge in [0.1, 0.15) is 0 Å². The van der Waals surface area contributed by atoms with Gasteiger partial charge in [0.2, 0.25) is 0 Å². The Morgan fingerprint density at radius 1 is 0.299 bits per heavy atom. The number of alkyl halides is 6. The van der Waals surface area contributed by atoms with E-state index in [-0.39, 0.29) is 22.6 Å². The van der Waals surface area contributed by atoms with Crippen LogP contribution >= 0.6 is 0 Å². The van der Waals surface area contributed by atoms with E-state index in [1.807, 2.05) is 194 Å². The third-order valence-corrected chi connectivity index (χ3v) is 27.2. The summed E-state index contributed by atoms with van der Waals surface area (Å²) in [6.07, 6.45) is -5.28. The molecule has 12 bridgehead atoms. The number of rotatable bonds is 4. The average molecular weight is 1400 g/mol. The molecular formula is C69H34F6Ga2N16O4. The van der Waals surface area contributed by atoms with Crippen LogP contribution in [0.15, 0.2) is 254 Å². The molecule has 0 fully saturated rings. The van der Waals surface area contributed by atoms with Gasteiger partial charge in [-0.25, -0.2) is 0 Å². The Morgan fingerprint density at radius 2 is 0.515 bits per heavy atom. The predicted molar refractivity (Wildman–Crippen MR) is 351 cm³/mol. The first-order valence-electron chi connectivity index (χ1n) is 30.2. The molecule has 0 amide bonds. The molecule has 0 saturated heterocycles. The normalized spacial score (nSPS) is 15.4. The fourth-order valence-corrected chi connectivity index (χ4v) is 23.5. The average Bonchev–Trinajstić information content (AvgIpc) is 1.56. The maximum absolute atomic E-state index is 14.9. The van der Waals surface area contributed by atoms with Crippen molar-refractivity contribution < 1.29 is 43.0 Å². The summed E-state index contributed by atoms with van der Waals surface area (Å²) in [5.41, 5.74) is 6.77. The van der Waals surface area contributed by atoms with Crippen LogP contribution in [-0.2, 0) is 16.6 Å². The second-order valence-corrected chi connectivity index (χ2v) is 31.2. The third kappa shape index (κ3) is 8.49. The van der Waals surface area contributed by atoms with Gasteiger partial charge in [0.25, 0.3) is 0 Å². The van der Waals surface area contributed by atoms with Crippen LogP contribution in [-0.4, -0.2) is 125 Å². The molecule has 0 saturated carbocycles. The molecule has 12 aromatic rings. The zero-order chi connectivity index (χ0) is 65.3. The molecule has 20 nitrogen and oxygen atoms in total. The quantitative estimate of drug-likeness (QED) is 0.124. The van der Waals surface area contributed by atoms with Gasteiger partial charge < -0.3 is 0 Å². The van der Waals surface area contributed by atoms with Crippen molar-refractivity contribution in [3.8, 4) is 0 Å². The fourth-order valence-electron chi connectivity index (χ4n) is 13.4. The Kier molecular flexibility index (Phi) is 12.2. The van der Waals surface area contributed by atoms with Crippen LogP contribution in [0.5, 0.6) is 0 Å². The summed E-state index contributed by atoms with van der Waals surface area (Å²) in [7, 11) is 0. The van der Waals surface area contributed by atoms with Gasteiger partial charge in [-0.2, -0.15) is 0 Å². The summed E-state index contributed by atoms with van der Waals surface area (Å²) in [5, 5.41) is 4.82. The van der Waals surface area contributed by atoms with Crippen LogP contribution in [0.2, 0.25) is 0 Å². The van der Waals surface area contributed by atoms with Gasteiger partial charge in [-0.05, 0) is 0 Å². The molecule has 28 heteroatoms. The van der Waals surface area contributed by atoms with Crippen molar-refractivity contribution in [1.29, 1.82) is 0 Å². The summed E-state index contributed by atoms with van der Waals surface area (Å²) in [5.74, 6) is -4.97. The minimum atomic E-state index is -5.28. The molecule has 20 rings (SSSR count). The number of fused-ring (bicyclic) bond motifs is 28. The van der Waals surface area contributed by atoms with Crippen molar-refractivity contribution in [3.63, 3.8) is 0 Å². The zero-order valence-corrected chi connectivity index (χ0v) is 54.2. The standard InChI is InChI=1S/2C32H16N8.C3H3F3O2.C2HF3O2.2Ga/c2*1-2-10-18-17(9-1)25-33-26(18)38-28-21-13-5-6-14-22(21)30(35-28)40-32-24-16-8-7-15-23(24)31(36-32)39-29-20-12-4-3-11-19(20)27(34-29)37-25;4-1-3(5,6)2(7)8;3-2(4,5)1(6)7;;/h2*1-16H;1H2,(H,7,8);(H,6,7);;/q2*-2;;;2*+3/p-2. The number of amidine groups is 8. The summed E-state index contributed by atoms with van der Waals surface area (Å²) in [6, 6.07) is 59.1. The van der Waals surface area contributed by atoms with E-state index in [1.54, 1.807) is 13.1 Å². The van der Waals surface area contributed by atoms with Crippen LogP contribution in [0.25, 0.3) is 43.1 Å². The van der Waals surface area contributed by atoms with Crippen molar-refractivity contribution in [2.24, 2.45) is 59.9 Å². The van der Waals surface area contributed by atoms with Crippen LogP contribution in [0.1, 0.15) is 44.5 Å². The molecule has 0 unspecified atom stereocenters. The SMILES string of the molecule is O=C([O][Ga]1[n]2c3c4ccccc4c2N=C2N=C(N=c4c5ccccc5c([n]41)=NC1=NC(=N3)c3ccccc31)c1ccccc12)C(F)(F)CF.O=C([O][Ga]1[n]2c3c4ccccc4c2N=C2N=C(N=c4c5ccccc5c([n]41)=NC1=NC(=N3)c3ccccc31)c1ccccc12)C(F)(F)F. The van der Waals surface area contributed by atoms with Crippen molar-refractivity contribution in [2.45, 2.75) is 12.1 Å². The second-order valence-electron chi connectivity index (χ2n) is 23.2. The number of benzene rings is 8. The summed E-state index contributed by atoms with van der Waals surface area (Å²) in [4.78, 5) is 86.0. The molecule has 8 aliphatic heterocycles. The monoisotopic (exact) mass is 1400 g/mol. The molecule has 8 aliphatic rings. The molecule has 0 N–H and O–H groups in total. The molecule has 4 aromatic heterocycles. The third-order valence-electron chi connectivity index (χ3n) is 17.6. The second kappa shape index (κ2) is 20.9. The van der Waals surface area contributed by atoms with Crippen molar-refractivity contribution in [2.75, 3.05) is 6.67 Å². The van der Waals surface area contributed by atoms with Crippen molar-refractivity contribution in [1.82, 2.24) is 13.1 Å². The number of halogens is 6. The van der Waals surface area contributed by atoms with Crippen LogP contribution < -0.4 is 22.0 Å². The molecule has 97 heavy (non-hydrogen) atoms. The van der Waals surface area contributed by atoms with Gasteiger partial charge in [-0.3, -0.25) is 0 Å². The molecule has 0 aliphatic carbocycles. The first-order chi connectivity index (χ1) is 47.3. The van der Waals surface area contributed by atoms with E-state index >= 15 is 0 Å². The molecule has 12 heterocycles. The van der Waals surface area contributed by atoms with E-state index in [1.165, 1.54) is 0 Å². The number of carbonyl (C=O) groups excluding carboxylic acids is 2. The van der Waals surface area contributed by atoms with E-state index in [0.717, 1.165) is 0 Å². The van der Waals surface area contributed by atoms with Gasteiger partial charge in [0, 0.05) is 0 Å². The number of aliphatic imine (C=N–C) groups is 8. The van der Waals surface area contributed by atoms with Crippen LogP contribution in [0.4, 0.5) is 49.6 Å². The Bertz CT molecular complexity index is 5920. The Labute approximate surface area is 551 Å². The summed E-state index contributed by atoms with van der Waals surface area (Å²) < 4.78 is 104. The van der Waals surface area contributed by atoms with E-state index in [2.05, 4.69) is 0 Å². The molecule has 8 aromatic carbocycles. The molecule has 0 atom stereocenters. The van der Waals surface area contributed by atoms with Gasteiger partial charge in [0.15, 0.2) is 0 Å². The number of hydrogen-bond donors (Lipinski definition) is 0. The number of carbonyl (C=O) groups is 2. The molecule has 0 radical (unpaired) electrons. The molecule has 0 spiro atoms. The van der Waals surface area contributed by atoms with Gasteiger partial charge >= 0.3 is 554 Å². The summed E-state index contributed by atoms with van der Waals surface area (Å²) in [6.45, 7) is -2.22. The zero-order valence-electron chi connectivity index (χ0n) is 49.4. The Balaban J connectivity index is 0.000000136. The topological polar surface area (TPSA) is 221 Å². The van der Waals surface area contributed by atoms with Gasteiger partial charge in [-0.15, -0.1) is 0 Å². The number of nitrogens with zero attached hydrogens (tertiary/aromatic N) is 16. The van der Waals surface area contributed by atoms with Gasteiger partial charge in [0.05, 0.1) is 0 Å². The van der Waals surface area contributed by atoms with E-state index in [9.17, 15) is 35.9 Å². The van der Waals surface area contributed by atoms with E-state index in [4.69, 9.17) is 67.0 Å². The first-order valence-corrected chi connectivity index (χ1v) is 36.5. The van der Waals surface area contributed by atoms with Crippen LogP contribution in [0.3, 0.4) is 0 Å². The molecular weight excluding hydrogens is 1370 g/mol. The Morgan fingerprint density at radius 3 is 0.753 bits per heavy atom. The minimum absolute atomic E-state index is 0.257. The maximum atomic E-state index is 14.9. The van der Waals surface area contributed by atoms with Crippen molar-refractivity contribution in [3.05, 3.63) is 261 Å².